The number of hydrogen-bond acceptors (Lipinski definition) is 3. The fourth-order valence-electron chi connectivity index (χ4n) is 3.55. The van der Waals surface area contributed by atoms with Crippen LogP contribution in [0.15, 0.2) is 24.4 Å². The van der Waals surface area contributed by atoms with E-state index in [1.807, 2.05) is 28.8 Å². The third kappa shape index (κ3) is 3.87. The highest BCUT2D eigenvalue weighted by Crippen LogP contribution is 2.24. The third-order valence-electron chi connectivity index (χ3n) is 5.01. The molecule has 1 fully saturated rings. The lowest BCUT2D eigenvalue weighted by molar-refractivity contribution is 0.0927. The summed E-state index contributed by atoms with van der Waals surface area (Å²) in [5, 5.41) is 3.10. The van der Waals surface area contributed by atoms with E-state index in [2.05, 4.69) is 42.9 Å². The normalized spacial score (nSPS) is 17.6. The molecule has 25 heavy (non-hydrogen) atoms. The minimum atomic E-state index is -0.121. The summed E-state index contributed by atoms with van der Waals surface area (Å²) in [6, 6.07) is 6.26. The number of carbonyl (C=O) groups excluding carboxylic acids is 1. The number of piperidine rings is 1. The largest absolute Gasteiger partial charge is 0.349 e. The van der Waals surface area contributed by atoms with Crippen LogP contribution in [0.2, 0.25) is 0 Å². The van der Waals surface area contributed by atoms with Gasteiger partial charge in [-0.2, -0.15) is 0 Å². The van der Waals surface area contributed by atoms with Gasteiger partial charge < -0.3 is 9.72 Å². The molecule has 0 spiro atoms. The van der Waals surface area contributed by atoms with Crippen molar-refractivity contribution < 1.29 is 4.79 Å². The maximum Gasteiger partial charge on any atom is 0.272 e. The maximum absolute atomic E-state index is 12.8. The van der Waals surface area contributed by atoms with Gasteiger partial charge in [0, 0.05) is 24.2 Å². The number of rotatable bonds is 4. The molecule has 0 bridgehead atoms. The van der Waals surface area contributed by atoms with Crippen molar-refractivity contribution in [3.63, 3.8) is 0 Å². The second kappa shape index (κ2) is 7.16. The van der Waals surface area contributed by atoms with E-state index in [1.165, 1.54) is 19.3 Å². The lowest BCUT2D eigenvalue weighted by atomic mass is 9.96. The number of aromatic nitrogens is 2. The smallest absolute Gasteiger partial charge is 0.272 e. The van der Waals surface area contributed by atoms with Crippen LogP contribution in [-0.4, -0.2) is 45.9 Å². The Morgan fingerprint density at radius 1 is 1.24 bits per heavy atom. The second-order valence-electron chi connectivity index (χ2n) is 8.15. The first-order valence-electron chi connectivity index (χ1n) is 9.38. The van der Waals surface area contributed by atoms with Gasteiger partial charge in [0.05, 0.1) is 5.52 Å². The van der Waals surface area contributed by atoms with Crippen molar-refractivity contribution in [2.75, 3.05) is 19.6 Å². The lowest BCUT2D eigenvalue weighted by Crippen LogP contribution is -2.44. The first-order chi connectivity index (χ1) is 11.9. The quantitative estimate of drug-likeness (QED) is 0.928. The summed E-state index contributed by atoms with van der Waals surface area (Å²) in [6.07, 6.45) is 5.83. The van der Waals surface area contributed by atoms with Gasteiger partial charge in [0.15, 0.2) is 5.69 Å². The summed E-state index contributed by atoms with van der Waals surface area (Å²) in [5.41, 5.74) is 1.27. The maximum atomic E-state index is 12.8. The first kappa shape index (κ1) is 17.9. The van der Waals surface area contributed by atoms with Crippen LogP contribution in [0, 0.1) is 0 Å². The van der Waals surface area contributed by atoms with Crippen molar-refractivity contribution in [2.45, 2.75) is 58.4 Å². The summed E-state index contributed by atoms with van der Waals surface area (Å²) >= 11 is 0. The van der Waals surface area contributed by atoms with Crippen LogP contribution in [-0.2, 0) is 5.41 Å². The molecule has 2 aromatic heterocycles. The van der Waals surface area contributed by atoms with Crippen LogP contribution in [0.3, 0.4) is 0 Å². The molecule has 0 saturated carbocycles. The Kier molecular flexibility index (Phi) is 5.13. The van der Waals surface area contributed by atoms with Crippen molar-refractivity contribution in [3.8, 4) is 0 Å². The zero-order chi connectivity index (χ0) is 18.0. The van der Waals surface area contributed by atoms with Gasteiger partial charge in [0.2, 0.25) is 0 Å². The van der Waals surface area contributed by atoms with E-state index in [-0.39, 0.29) is 11.3 Å². The van der Waals surface area contributed by atoms with E-state index < -0.39 is 0 Å². The number of nitrogens with zero attached hydrogens (tertiary/aromatic N) is 3. The molecule has 1 aliphatic heterocycles. The van der Waals surface area contributed by atoms with Crippen molar-refractivity contribution in [3.05, 3.63) is 35.9 Å². The van der Waals surface area contributed by atoms with E-state index in [9.17, 15) is 4.79 Å². The summed E-state index contributed by atoms with van der Waals surface area (Å²) in [5.74, 6) is 0.834. The Morgan fingerprint density at radius 2 is 1.96 bits per heavy atom. The number of fused-ring (bicyclic) bond motifs is 1. The number of carbonyl (C=O) groups is 1. The van der Waals surface area contributed by atoms with Gasteiger partial charge in [-0.1, -0.05) is 33.3 Å². The first-order valence-corrected chi connectivity index (χ1v) is 9.38. The number of nitrogens with one attached hydrogen (secondary N) is 1. The van der Waals surface area contributed by atoms with Crippen molar-refractivity contribution in [1.29, 1.82) is 0 Å². The van der Waals surface area contributed by atoms with Crippen LogP contribution in [0.25, 0.3) is 5.52 Å². The van der Waals surface area contributed by atoms with Gasteiger partial charge in [-0.15, -0.1) is 0 Å². The topological polar surface area (TPSA) is 49.6 Å². The van der Waals surface area contributed by atoms with Gasteiger partial charge in [0.25, 0.3) is 5.91 Å². The number of likely N-dealkylation sites (tertiary alicyclic amines) is 1. The predicted molar refractivity (Wildman–Crippen MR) is 101 cm³/mol. The van der Waals surface area contributed by atoms with Crippen LogP contribution >= 0.6 is 0 Å². The molecule has 3 rings (SSSR count). The highest BCUT2D eigenvalue weighted by molar-refractivity contribution is 5.99. The standard InChI is InChI=1S/C20H30N4O/c1-15(23-11-7-5-8-12-23)14-21-18(25)17-16-10-6-9-13-24(16)19(22-17)20(2,3)4/h6,9-10,13,15H,5,7-8,11-12,14H2,1-4H3,(H,21,25). The Hall–Kier alpha value is -1.88. The minimum Gasteiger partial charge on any atom is -0.349 e. The molecular formula is C20H30N4O. The van der Waals surface area contributed by atoms with Crippen LogP contribution in [0.4, 0.5) is 0 Å². The molecule has 1 unspecified atom stereocenters. The second-order valence-corrected chi connectivity index (χ2v) is 8.15. The average Bonchev–Trinajstić information content (AvgIpc) is 3.00. The van der Waals surface area contributed by atoms with E-state index in [4.69, 9.17) is 0 Å². The summed E-state index contributed by atoms with van der Waals surface area (Å²) in [6.45, 7) is 11.5. The van der Waals surface area contributed by atoms with Crippen LogP contribution in [0.1, 0.15) is 63.3 Å². The molecule has 0 aliphatic carbocycles. The molecule has 3 heterocycles. The van der Waals surface area contributed by atoms with Crippen molar-refractivity contribution >= 4 is 11.4 Å². The minimum absolute atomic E-state index is 0.0805. The summed E-state index contributed by atoms with van der Waals surface area (Å²) in [4.78, 5) is 19.9. The molecule has 1 amide bonds. The van der Waals surface area contributed by atoms with Gasteiger partial charge in [0.1, 0.15) is 5.82 Å². The molecule has 2 aromatic rings. The SMILES string of the molecule is CC(CNC(=O)c1nc(C(C)(C)C)n2ccccc12)N1CCCCC1. The predicted octanol–water partition coefficient (Wildman–Crippen LogP) is 3.24. The average molecular weight is 342 g/mol. The van der Waals surface area contributed by atoms with Crippen LogP contribution < -0.4 is 5.32 Å². The fraction of sp³-hybridized carbons (Fsp3) is 0.600. The van der Waals surface area contributed by atoms with Crippen LogP contribution in [0.5, 0.6) is 0 Å². The summed E-state index contributed by atoms with van der Waals surface area (Å²) in [7, 11) is 0. The summed E-state index contributed by atoms with van der Waals surface area (Å²) < 4.78 is 2.03. The number of imidazole rings is 1. The molecule has 1 N–H and O–H groups in total. The zero-order valence-electron chi connectivity index (χ0n) is 15.9. The highest BCUT2D eigenvalue weighted by Gasteiger charge is 2.25. The Balaban J connectivity index is 1.76. The number of amides is 1. The molecule has 1 atom stereocenters. The van der Waals surface area contributed by atoms with E-state index in [1.54, 1.807) is 0 Å². The lowest BCUT2D eigenvalue weighted by Gasteiger charge is -2.32. The van der Waals surface area contributed by atoms with Crippen molar-refractivity contribution in [2.24, 2.45) is 0 Å². The van der Waals surface area contributed by atoms with Gasteiger partial charge in [-0.05, 0) is 45.0 Å². The van der Waals surface area contributed by atoms with Gasteiger partial charge in [-0.3, -0.25) is 9.69 Å². The molecule has 5 nitrogen and oxygen atoms in total. The zero-order valence-corrected chi connectivity index (χ0v) is 15.9. The number of pyridine rings is 1. The molecular weight excluding hydrogens is 312 g/mol. The molecule has 5 heteroatoms. The monoisotopic (exact) mass is 342 g/mol. The molecule has 136 valence electrons. The van der Waals surface area contributed by atoms with E-state index in [0.717, 1.165) is 24.4 Å². The Bertz CT molecular complexity index is 738. The van der Waals surface area contributed by atoms with Gasteiger partial charge >= 0.3 is 0 Å². The molecule has 1 aliphatic rings. The fourth-order valence-corrected chi connectivity index (χ4v) is 3.55. The van der Waals surface area contributed by atoms with E-state index >= 15 is 0 Å². The molecule has 0 radical (unpaired) electrons. The molecule has 0 aromatic carbocycles. The Labute approximate surface area is 150 Å². The highest BCUT2D eigenvalue weighted by atomic mass is 16.1. The van der Waals surface area contributed by atoms with Crippen molar-refractivity contribution in [1.82, 2.24) is 19.6 Å². The Morgan fingerprint density at radius 3 is 2.64 bits per heavy atom. The molecule has 1 saturated heterocycles. The third-order valence-corrected chi connectivity index (χ3v) is 5.01. The van der Waals surface area contributed by atoms with E-state index in [0.29, 0.717) is 18.3 Å². The number of hydrogen-bond donors (Lipinski definition) is 1. The van der Waals surface area contributed by atoms with Gasteiger partial charge in [-0.25, -0.2) is 4.98 Å².